The summed E-state index contributed by atoms with van der Waals surface area (Å²) in [5.74, 6) is 0.770. The molecule has 8 nitrogen and oxygen atoms in total. The van der Waals surface area contributed by atoms with Crippen LogP contribution >= 0.6 is 0 Å². The predicted molar refractivity (Wildman–Crippen MR) is 134 cm³/mol. The molecule has 0 atom stereocenters. The zero-order valence-electron chi connectivity index (χ0n) is 19.1. The number of aryl methyl sites for hydroxylation is 1. The molecule has 34 heavy (non-hydrogen) atoms. The van der Waals surface area contributed by atoms with Crippen LogP contribution in [0.15, 0.2) is 67.3 Å². The number of nitrogens with zero attached hydrogens (tertiary/aromatic N) is 5. The van der Waals surface area contributed by atoms with Gasteiger partial charge in [-0.3, -0.25) is 4.79 Å². The van der Waals surface area contributed by atoms with Crippen LogP contribution < -0.4 is 16.0 Å². The number of rotatable bonds is 7. The van der Waals surface area contributed by atoms with Crippen LogP contribution in [0.1, 0.15) is 29.6 Å². The van der Waals surface area contributed by atoms with Gasteiger partial charge in [0.1, 0.15) is 5.69 Å². The second-order valence-corrected chi connectivity index (χ2v) is 8.70. The third-order valence-electron chi connectivity index (χ3n) is 6.23. The monoisotopic (exact) mass is 455 g/mol. The summed E-state index contributed by atoms with van der Waals surface area (Å²) in [6.45, 7) is 3.13. The Morgan fingerprint density at radius 3 is 2.65 bits per heavy atom. The van der Waals surface area contributed by atoms with Crippen molar-refractivity contribution in [3.63, 3.8) is 0 Å². The molecule has 4 aromatic rings. The number of benzene rings is 2. The maximum absolute atomic E-state index is 12.8. The number of hydrogen-bond acceptors (Lipinski definition) is 6. The van der Waals surface area contributed by atoms with E-state index < -0.39 is 0 Å². The molecular weight excluding hydrogens is 426 g/mol. The van der Waals surface area contributed by atoms with Gasteiger partial charge in [0, 0.05) is 55.7 Å². The average Bonchev–Trinajstić information content (AvgIpc) is 3.40. The third-order valence-corrected chi connectivity index (χ3v) is 6.23. The molecule has 0 bridgehead atoms. The number of carbonyl (C=O) groups excluding carboxylic acids is 1. The van der Waals surface area contributed by atoms with Crippen molar-refractivity contribution < 1.29 is 4.79 Å². The number of hydrogen-bond donors (Lipinski definition) is 2. The van der Waals surface area contributed by atoms with Gasteiger partial charge in [-0.05, 0) is 37.5 Å². The first-order chi connectivity index (χ1) is 16.7. The normalized spacial score (nSPS) is 14.4. The fourth-order valence-corrected chi connectivity index (χ4v) is 4.29. The maximum Gasteiger partial charge on any atom is 0.251 e. The van der Waals surface area contributed by atoms with Crippen LogP contribution in [0.3, 0.4) is 0 Å². The highest BCUT2D eigenvalue weighted by atomic mass is 16.1. The zero-order chi connectivity index (χ0) is 23.3. The molecule has 2 aromatic carbocycles. The van der Waals surface area contributed by atoms with Crippen molar-refractivity contribution in [2.45, 2.75) is 31.8 Å². The average molecular weight is 456 g/mol. The molecule has 0 aliphatic carbocycles. The molecule has 1 fully saturated rings. The summed E-state index contributed by atoms with van der Waals surface area (Å²) in [6, 6.07) is 15.9. The van der Waals surface area contributed by atoms with E-state index in [1.165, 1.54) is 0 Å². The highest BCUT2D eigenvalue weighted by Crippen LogP contribution is 2.31. The molecule has 3 N–H and O–H groups in total. The topological polar surface area (TPSA) is 102 Å². The molecule has 5 rings (SSSR count). The van der Waals surface area contributed by atoms with E-state index in [1.54, 1.807) is 12.5 Å². The summed E-state index contributed by atoms with van der Waals surface area (Å²) in [6.07, 6.45) is 8.16. The number of piperidine rings is 1. The SMILES string of the molecule is NC1CCN(c2nc3ccc(C(=O)NCCCn4ccnc4)cc3nc2-c2ccccc2)CC1. The van der Waals surface area contributed by atoms with Gasteiger partial charge in [0.2, 0.25) is 0 Å². The van der Waals surface area contributed by atoms with E-state index in [0.29, 0.717) is 17.6 Å². The second-order valence-electron chi connectivity index (χ2n) is 8.70. The van der Waals surface area contributed by atoms with Crippen LogP contribution in [0, 0.1) is 0 Å². The molecule has 0 radical (unpaired) electrons. The Bertz CT molecular complexity index is 1250. The van der Waals surface area contributed by atoms with Gasteiger partial charge in [0.25, 0.3) is 5.91 Å². The summed E-state index contributed by atoms with van der Waals surface area (Å²) >= 11 is 0. The molecule has 0 saturated carbocycles. The molecular formula is C26H29N7O. The van der Waals surface area contributed by atoms with Crippen molar-refractivity contribution in [1.82, 2.24) is 24.8 Å². The molecule has 8 heteroatoms. The van der Waals surface area contributed by atoms with Crippen molar-refractivity contribution in [2.75, 3.05) is 24.5 Å². The lowest BCUT2D eigenvalue weighted by Crippen LogP contribution is -2.40. The minimum absolute atomic E-state index is 0.107. The fraction of sp³-hybridized carbons (Fsp3) is 0.308. The molecule has 3 heterocycles. The molecule has 1 saturated heterocycles. The molecule has 0 unspecified atom stereocenters. The van der Waals surface area contributed by atoms with Crippen LogP contribution in [-0.4, -0.2) is 51.1 Å². The summed E-state index contributed by atoms with van der Waals surface area (Å²) in [5.41, 5.74) is 10.0. The number of aromatic nitrogens is 4. The second kappa shape index (κ2) is 10.0. The number of fused-ring (bicyclic) bond motifs is 1. The van der Waals surface area contributed by atoms with Crippen LogP contribution in [0.4, 0.5) is 5.82 Å². The van der Waals surface area contributed by atoms with Crippen LogP contribution in [0.25, 0.3) is 22.3 Å². The smallest absolute Gasteiger partial charge is 0.251 e. The van der Waals surface area contributed by atoms with Crippen LogP contribution in [-0.2, 0) is 6.54 Å². The molecule has 174 valence electrons. The number of amides is 1. The molecule has 2 aromatic heterocycles. The summed E-state index contributed by atoms with van der Waals surface area (Å²) in [5, 5.41) is 3.00. The van der Waals surface area contributed by atoms with E-state index in [1.807, 2.05) is 59.3 Å². The minimum atomic E-state index is -0.107. The van der Waals surface area contributed by atoms with Crippen molar-refractivity contribution in [3.05, 3.63) is 72.8 Å². The van der Waals surface area contributed by atoms with E-state index in [0.717, 1.165) is 61.5 Å². The van der Waals surface area contributed by atoms with E-state index in [9.17, 15) is 4.79 Å². The van der Waals surface area contributed by atoms with Gasteiger partial charge < -0.3 is 20.5 Å². The Kier molecular flexibility index (Phi) is 6.49. The lowest BCUT2D eigenvalue weighted by Gasteiger charge is -2.32. The lowest BCUT2D eigenvalue weighted by molar-refractivity contribution is 0.0953. The highest BCUT2D eigenvalue weighted by molar-refractivity contribution is 5.97. The quantitative estimate of drug-likeness (QED) is 0.415. The van der Waals surface area contributed by atoms with E-state index in [4.69, 9.17) is 15.7 Å². The summed E-state index contributed by atoms with van der Waals surface area (Å²) in [4.78, 5) is 29.0. The van der Waals surface area contributed by atoms with Crippen LogP contribution in [0.5, 0.6) is 0 Å². The van der Waals surface area contributed by atoms with Gasteiger partial charge in [-0.25, -0.2) is 15.0 Å². The maximum atomic E-state index is 12.8. The van der Waals surface area contributed by atoms with Crippen molar-refractivity contribution >= 4 is 22.8 Å². The van der Waals surface area contributed by atoms with Gasteiger partial charge in [-0.2, -0.15) is 0 Å². The molecule has 1 amide bonds. The third kappa shape index (κ3) is 4.92. The van der Waals surface area contributed by atoms with E-state index >= 15 is 0 Å². The first-order valence-corrected chi connectivity index (χ1v) is 11.8. The van der Waals surface area contributed by atoms with Gasteiger partial charge >= 0.3 is 0 Å². The predicted octanol–water partition coefficient (Wildman–Crippen LogP) is 3.24. The van der Waals surface area contributed by atoms with Crippen molar-refractivity contribution in [2.24, 2.45) is 5.73 Å². The largest absolute Gasteiger partial charge is 0.355 e. The van der Waals surface area contributed by atoms with Crippen LogP contribution in [0.2, 0.25) is 0 Å². The van der Waals surface area contributed by atoms with E-state index in [-0.39, 0.29) is 11.9 Å². The Morgan fingerprint density at radius 1 is 1.06 bits per heavy atom. The van der Waals surface area contributed by atoms with Gasteiger partial charge in [-0.1, -0.05) is 30.3 Å². The fourth-order valence-electron chi connectivity index (χ4n) is 4.29. The first kappa shape index (κ1) is 22.0. The Hall–Kier alpha value is -3.78. The lowest BCUT2D eigenvalue weighted by atomic mass is 10.0. The number of nitrogens with two attached hydrogens (primary N) is 1. The molecule has 1 aliphatic heterocycles. The Morgan fingerprint density at radius 2 is 1.88 bits per heavy atom. The van der Waals surface area contributed by atoms with Gasteiger partial charge in [-0.15, -0.1) is 0 Å². The first-order valence-electron chi connectivity index (χ1n) is 11.8. The Labute approximate surface area is 198 Å². The summed E-state index contributed by atoms with van der Waals surface area (Å²) < 4.78 is 2.00. The number of carbonyl (C=O) groups is 1. The van der Waals surface area contributed by atoms with Gasteiger partial charge in [0.15, 0.2) is 5.82 Å². The van der Waals surface area contributed by atoms with E-state index in [2.05, 4.69) is 15.2 Å². The summed E-state index contributed by atoms with van der Waals surface area (Å²) in [7, 11) is 0. The van der Waals surface area contributed by atoms with Gasteiger partial charge in [0.05, 0.1) is 17.4 Å². The number of anilines is 1. The Balaban J connectivity index is 1.39. The zero-order valence-corrected chi connectivity index (χ0v) is 19.1. The minimum Gasteiger partial charge on any atom is -0.355 e. The standard InChI is InChI=1S/C26H29N7O/c27-21-9-14-33(15-10-21)25-24(19-5-2-1-3-6-19)30-23-17-20(7-8-22(23)31-25)26(34)29-11-4-13-32-16-12-28-18-32/h1-3,5-8,12,16-18,21H,4,9-11,13-15,27H2,(H,29,34). The molecule has 1 aliphatic rings. The molecule has 0 spiro atoms. The van der Waals surface area contributed by atoms with Crippen molar-refractivity contribution in [3.8, 4) is 11.3 Å². The highest BCUT2D eigenvalue weighted by Gasteiger charge is 2.22. The number of imidazole rings is 1. The number of nitrogens with one attached hydrogen (secondary N) is 1. The van der Waals surface area contributed by atoms with Crippen molar-refractivity contribution in [1.29, 1.82) is 0 Å².